The molecule has 2 aliphatic carbocycles. The normalized spacial score (nSPS) is 14.6. The SMILES string of the molecule is CC1(C)c2ccccc2-c2ccc(-c3nc(-c4ccc(-c5ccccn5)cc4)nc(-c4ccc5c(c4)C(C)(C)c4ccccc4-5)n3)cc21. The third-order valence-corrected chi connectivity index (χ3v) is 10.4. The fourth-order valence-corrected chi connectivity index (χ4v) is 7.77. The Morgan fingerprint density at radius 1 is 0.375 bits per heavy atom. The van der Waals surface area contributed by atoms with E-state index >= 15 is 0 Å². The van der Waals surface area contributed by atoms with Crippen LogP contribution in [0.5, 0.6) is 0 Å². The zero-order valence-corrected chi connectivity index (χ0v) is 27.5. The molecule has 0 atom stereocenters. The number of rotatable bonds is 4. The van der Waals surface area contributed by atoms with Crippen LogP contribution in [0.25, 0.3) is 67.7 Å². The summed E-state index contributed by atoms with van der Waals surface area (Å²) in [6.07, 6.45) is 1.82. The molecule has 0 fully saturated rings. The maximum Gasteiger partial charge on any atom is 0.164 e. The highest BCUT2D eigenvalue weighted by Crippen LogP contribution is 2.51. The number of pyridine rings is 1. The molecule has 0 amide bonds. The third-order valence-electron chi connectivity index (χ3n) is 10.4. The van der Waals surface area contributed by atoms with E-state index in [9.17, 15) is 0 Å². The maximum atomic E-state index is 5.18. The van der Waals surface area contributed by atoms with Crippen LogP contribution in [0, 0.1) is 0 Å². The van der Waals surface area contributed by atoms with Crippen LogP contribution in [0.4, 0.5) is 0 Å². The predicted molar refractivity (Wildman–Crippen MR) is 194 cm³/mol. The first kappa shape index (κ1) is 28.5. The molecule has 4 heteroatoms. The van der Waals surface area contributed by atoms with E-state index in [0.717, 1.165) is 27.9 Å². The van der Waals surface area contributed by atoms with Crippen molar-refractivity contribution in [1.82, 2.24) is 19.9 Å². The van der Waals surface area contributed by atoms with E-state index in [1.807, 2.05) is 24.4 Å². The minimum atomic E-state index is -0.123. The van der Waals surface area contributed by atoms with E-state index in [2.05, 4.69) is 142 Å². The second kappa shape index (κ2) is 10.4. The van der Waals surface area contributed by atoms with Crippen molar-refractivity contribution in [2.45, 2.75) is 38.5 Å². The molecule has 0 radical (unpaired) electrons. The number of hydrogen-bond donors (Lipinski definition) is 0. The van der Waals surface area contributed by atoms with Crippen molar-refractivity contribution < 1.29 is 0 Å². The van der Waals surface area contributed by atoms with Gasteiger partial charge in [0.15, 0.2) is 17.5 Å². The highest BCUT2D eigenvalue weighted by molar-refractivity contribution is 5.85. The molecule has 0 saturated heterocycles. The van der Waals surface area contributed by atoms with Crippen molar-refractivity contribution in [3.8, 4) is 67.7 Å². The molecule has 9 rings (SSSR count). The van der Waals surface area contributed by atoms with E-state index < -0.39 is 0 Å². The molecule has 0 saturated carbocycles. The average molecular weight is 619 g/mol. The molecule has 0 spiro atoms. The molecular formula is C44H34N4. The monoisotopic (exact) mass is 618 g/mol. The fourth-order valence-electron chi connectivity index (χ4n) is 7.77. The molecule has 0 aliphatic heterocycles. The van der Waals surface area contributed by atoms with Crippen LogP contribution in [0.15, 0.2) is 134 Å². The Hall–Kier alpha value is -5.74. The van der Waals surface area contributed by atoms with Crippen molar-refractivity contribution in [1.29, 1.82) is 0 Å². The van der Waals surface area contributed by atoms with Crippen LogP contribution in [0.2, 0.25) is 0 Å². The van der Waals surface area contributed by atoms with Crippen molar-refractivity contribution in [2.24, 2.45) is 0 Å². The molecule has 4 nitrogen and oxygen atoms in total. The number of hydrogen-bond acceptors (Lipinski definition) is 4. The van der Waals surface area contributed by atoms with Gasteiger partial charge in [-0.05, 0) is 68.8 Å². The standard InChI is InChI=1S/C44H34N4/c1-43(2)35-13-7-5-11-31(35)33-22-20-29(25-37(33)43)41-46-40(28-18-16-27(17-19-28)39-15-9-10-24-45-39)47-42(48-41)30-21-23-34-32-12-6-8-14-36(32)44(3,4)38(34)26-30/h5-26H,1-4H3. The van der Waals surface area contributed by atoms with Gasteiger partial charge in [0.05, 0.1) is 5.69 Å². The summed E-state index contributed by atoms with van der Waals surface area (Å²) in [6.45, 7) is 9.22. The van der Waals surface area contributed by atoms with Gasteiger partial charge in [-0.3, -0.25) is 4.98 Å². The Morgan fingerprint density at radius 3 is 1.29 bits per heavy atom. The summed E-state index contributed by atoms with van der Waals surface area (Å²) in [5, 5.41) is 0. The first-order chi connectivity index (χ1) is 23.3. The van der Waals surface area contributed by atoms with Gasteiger partial charge in [-0.1, -0.05) is 131 Å². The molecule has 5 aromatic carbocycles. The van der Waals surface area contributed by atoms with Crippen molar-refractivity contribution in [2.75, 3.05) is 0 Å². The molecule has 48 heavy (non-hydrogen) atoms. The van der Waals surface area contributed by atoms with Crippen molar-refractivity contribution in [3.63, 3.8) is 0 Å². The third kappa shape index (κ3) is 4.29. The van der Waals surface area contributed by atoms with Gasteiger partial charge in [0, 0.05) is 39.3 Å². The van der Waals surface area contributed by atoms with Gasteiger partial charge in [-0.25, -0.2) is 15.0 Å². The molecule has 0 N–H and O–H groups in total. The van der Waals surface area contributed by atoms with Gasteiger partial charge in [0.2, 0.25) is 0 Å². The lowest BCUT2D eigenvalue weighted by Crippen LogP contribution is -2.15. The molecule has 2 aromatic heterocycles. The summed E-state index contributed by atoms with van der Waals surface area (Å²) in [7, 11) is 0. The van der Waals surface area contributed by atoms with Crippen molar-refractivity contribution in [3.05, 3.63) is 156 Å². The van der Waals surface area contributed by atoms with Gasteiger partial charge in [0.1, 0.15) is 0 Å². The molecule has 0 bridgehead atoms. The Balaban J connectivity index is 1.20. The van der Waals surface area contributed by atoms with Gasteiger partial charge >= 0.3 is 0 Å². The average Bonchev–Trinajstić information content (AvgIpc) is 3.51. The van der Waals surface area contributed by atoms with E-state index in [-0.39, 0.29) is 10.8 Å². The lowest BCUT2D eigenvalue weighted by atomic mass is 9.82. The summed E-state index contributed by atoms with van der Waals surface area (Å²) in [5.74, 6) is 1.98. The Kier molecular flexibility index (Phi) is 6.16. The molecule has 230 valence electrons. The Bertz CT molecular complexity index is 2260. The molecule has 7 aromatic rings. The largest absolute Gasteiger partial charge is 0.256 e. The second-order valence-corrected chi connectivity index (χ2v) is 14.0. The van der Waals surface area contributed by atoms with Gasteiger partial charge < -0.3 is 0 Å². The number of aromatic nitrogens is 4. The molecule has 0 unspecified atom stereocenters. The Labute approximate surface area is 281 Å². The first-order valence-corrected chi connectivity index (χ1v) is 16.6. The Morgan fingerprint density at radius 2 is 0.792 bits per heavy atom. The topological polar surface area (TPSA) is 51.6 Å². The highest BCUT2D eigenvalue weighted by atomic mass is 15.0. The summed E-state index contributed by atoms with van der Waals surface area (Å²) in [5.41, 5.74) is 15.1. The minimum absolute atomic E-state index is 0.123. The first-order valence-electron chi connectivity index (χ1n) is 16.6. The van der Waals surface area contributed by atoms with E-state index in [4.69, 9.17) is 15.0 Å². The lowest BCUT2D eigenvalue weighted by Gasteiger charge is -2.22. The zero-order valence-electron chi connectivity index (χ0n) is 27.5. The molecule has 2 aliphatic rings. The minimum Gasteiger partial charge on any atom is -0.256 e. The van der Waals surface area contributed by atoms with Gasteiger partial charge in [-0.15, -0.1) is 0 Å². The summed E-state index contributed by atoms with van der Waals surface area (Å²) >= 11 is 0. The number of fused-ring (bicyclic) bond motifs is 6. The number of benzene rings is 5. The molecule has 2 heterocycles. The number of nitrogens with zero attached hydrogens (tertiary/aromatic N) is 4. The van der Waals surface area contributed by atoms with Crippen LogP contribution < -0.4 is 0 Å². The van der Waals surface area contributed by atoms with Crippen LogP contribution in [-0.2, 0) is 10.8 Å². The van der Waals surface area contributed by atoms with E-state index in [0.29, 0.717) is 17.5 Å². The zero-order chi connectivity index (χ0) is 32.6. The second-order valence-electron chi connectivity index (χ2n) is 14.0. The van der Waals surface area contributed by atoms with Crippen LogP contribution >= 0.6 is 0 Å². The maximum absolute atomic E-state index is 5.18. The summed E-state index contributed by atoms with van der Waals surface area (Å²) < 4.78 is 0. The quantitative estimate of drug-likeness (QED) is 0.197. The van der Waals surface area contributed by atoms with Gasteiger partial charge in [-0.2, -0.15) is 0 Å². The smallest absolute Gasteiger partial charge is 0.164 e. The van der Waals surface area contributed by atoms with Crippen LogP contribution in [0.3, 0.4) is 0 Å². The lowest BCUT2D eigenvalue weighted by molar-refractivity contribution is 0.660. The van der Waals surface area contributed by atoms with E-state index in [1.54, 1.807) is 0 Å². The van der Waals surface area contributed by atoms with Gasteiger partial charge in [0.25, 0.3) is 0 Å². The predicted octanol–water partition coefficient (Wildman–Crippen LogP) is 10.5. The highest BCUT2D eigenvalue weighted by Gasteiger charge is 2.37. The summed E-state index contributed by atoms with van der Waals surface area (Å²) in [4.78, 5) is 19.9. The van der Waals surface area contributed by atoms with Crippen LogP contribution in [-0.4, -0.2) is 19.9 Å². The summed E-state index contributed by atoms with van der Waals surface area (Å²) in [6, 6.07) is 45.1. The molecular weight excluding hydrogens is 585 g/mol. The van der Waals surface area contributed by atoms with E-state index in [1.165, 1.54) is 44.5 Å². The van der Waals surface area contributed by atoms with Crippen LogP contribution in [0.1, 0.15) is 49.9 Å². The van der Waals surface area contributed by atoms with Crippen molar-refractivity contribution >= 4 is 0 Å². The fraction of sp³-hybridized carbons (Fsp3) is 0.136.